The van der Waals surface area contributed by atoms with Gasteiger partial charge in [-0.25, -0.2) is 13.9 Å². The van der Waals surface area contributed by atoms with Gasteiger partial charge in [0.1, 0.15) is 11.8 Å². The van der Waals surface area contributed by atoms with Crippen LogP contribution in [-0.2, 0) is 14.8 Å². The van der Waals surface area contributed by atoms with E-state index in [0.29, 0.717) is 18.6 Å². The predicted molar refractivity (Wildman–Crippen MR) is 104 cm³/mol. The Bertz CT molecular complexity index is 900. The molecule has 0 radical (unpaired) electrons. The van der Waals surface area contributed by atoms with E-state index < -0.39 is 22.0 Å². The minimum atomic E-state index is -3.95. The molecule has 0 saturated carbocycles. The van der Waals surface area contributed by atoms with Gasteiger partial charge < -0.3 is 4.74 Å². The van der Waals surface area contributed by atoms with Crippen molar-refractivity contribution in [3.63, 3.8) is 0 Å². The first-order chi connectivity index (χ1) is 13.5. The summed E-state index contributed by atoms with van der Waals surface area (Å²) in [5.74, 6) is -0.543. The molecule has 2 aromatic rings. The molecule has 1 aliphatic rings. The van der Waals surface area contributed by atoms with Crippen molar-refractivity contribution in [2.75, 3.05) is 13.7 Å². The lowest BCUT2D eigenvalue weighted by molar-refractivity contribution is -0.133. The number of benzene rings is 2. The van der Waals surface area contributed by atoms with Crippen LogP contribution in [0, 0.1) is 0 Å². The highest BCUT2D eigenvalue weighted by molar-refractivity contribution is 7.89. The van der Waals surface area contributed by atoms with Crippen LogP contribution < -0.4 is 10.2 Å². The van der Waals surface area contributed by atoms with Crippen LogP contribution in [0.2, 0.25) is 0 Å². The molecular weight excluding hydrogens is 380 g/mol. The van der Waals surface area contributed by atoms with Crippen molar-refractivity contribution in [1.82, 2.24) is 9.79 Å². The van der Waals surface area contributed by atoms with Crippen LogP contribution in [0.1, 0.15) is 30.7 Å². The number of nitrogens with one attached hydrogen (secondary N) is 1. The Morgan fingerprint density at radius 2 is 1.79 bits per heavy atom. The first-order valence-corrected chi connectivity index (χ1v) is 10.6. The smallest absolute Gasteiger partial charge is 0.262 e. The number of sulfonamides is 1. The van der Waals surface area contributed by atoms with Crippen LogP contribution in [-0.4, -0.2) is 43.5 Å². The second-order valence-corrected chi connectivity index (χ2v) is 8.62. The molecule has 150 valence electrons. The standard InChI is InChI=1S/C20H24N2O5S/c1-27-16-10-12-17(13-11-16)28(25,26)22-14-6-5-9-18(19(22)20(23)21-24)15-7-3-2-4-8-15/h2-4,7-8,10-13,18-19,24H,5-6,9,14H2,1H3,(H,21,23)/t18-,19+/m1/s1. The van der Waals surface area contributed by atoms with Crippen molar-refractivity contribution in [2.24, 2.45) is 0 Å². The second kappa shape index (κ2) is 8.72. The fraction of sp³-hybridized carbons (Fsp3) is 0.350. The molecule has 1 amide bonds. The maximum atomic E-state index is 13.4. The Kier molecular flexibility index (Phi) is 6.33. The largest absolute Gasteiger partial charge is 0.497 e. The number of methoxy groups -OCH3 is 1. The molecule has 28 heavy (non-hydrogen) atoms. The van der Waals surface area contributed by atoms with E-state index in [1.54, 1.807) is 17.6 Å². The Morgan fingerprint density at radius 3 is 2.39 bits per heavy atom. The zero-order valence-electron chi connectivity index (χ0n) is 15.6. The highest BCUT2D eigenvalue weighted by Gasteiger charge is 2.42. The van der Waals surface area contributed by atoms with Crippen LogP contribution >= 0.6 is 0 Å². The Labute approximate surface area is 164 Å². The minimum absolute atomic E-state index is 0.0813. The van der Waals surface area contributed by atoms with E-state index in [-0.39, 0.29) is 17.4 Å². The van der Waals surface area contributed by atoms with Gasteiger partial charge in [0.05, 0.1) is 12.0 Å². The summed E-state index contributed by atoms with van der Waals surface area (Å²) in [7, 11) is -2.45. The fourth-order valence-electron chi connectivity index (χ4n) is 3.71. The van der Waals surface area contributed by atoms with Crippen molar-refractivity contribution in [2.45, 2.75) is 36.1 Å². The molecule has 7 nitrogen and oxygen atoms in total. The number of hydroxylamine groups is 1. The van der Waals surface area contributed by atoms with Crippen LogP contribution in [0.3, 0.4) is 0 Å². The number of ether oxygens (including phenoxy) is 1. The summed E-state index contributed by atoms with van der Waals surface area (Å²) in [4.78, 5) is 12.7. The molecule has 8 heteroatoms. The summed E-state index contributed by atoms with van der Waals surface area (Å²) in [6.45, 7) is 0.204. The van der Waals surface area contributed by atoms with Crippen molar-refractivity contribution in [3.8, 4) is 5.75 Å². The van der Waals surface area contributed by atoms with E-state index in [1.807, 2.05) is 30.3 Å². The molecule has 1 saturated heterocycles. The predicted octanol–water partition coefficient (Wildman–Crippen LogP) is 2.53. The molecule has 1 fully saturated rings. The van der Waals surface area contributed by atoms with E-state index in [0.717, 1.165) is 12.0 Å². The Balaban J connectivity index is 2.05. The third-order valence-electron chi connectivity index (χ3n) is 5.11. The van der Waals surface area contributed by atoms with Gasteiger partial charge in [-0.1, -0.05) is 36.8 Å². The van der Waals surface area contributed by atoms with Crippen molar-refractivity contribution in [3.05, 3.63) is 60.2 Å². The van der Waals surface area contributed by atoms with Gasteiger partial charge in [-0.05, 0) is 42.7 Å². The molecule has 0 unspecified atom stereocenters. The van der Waals surface area contributed by atoms with Gasteiger partial charge in [0.25, 0.3) is 5.91 Å². The molecule has 0 spiro atoms. The fourth-order valence-corrected chi connectivity index (χ4v) is 5.37. The van der Waals surface area contributed by atoms with Gasteiger partial charge in [-0.15, -0.1) is 0 Å². The SMILES string of the molecule is COc1ccc(S(=O)(=O)N2CCCC[C@H](c3ccccc3)[C@H]2C(=O)NO)cc1. The molecule has 2 N–H and O–H groups in total. The minimum Gasteiger partial charge on any atom is -0.497 e. The van der Waals surface area contributed by atoms with Crippen molar-refractivity contribution < 1.29 is 23.2 Å². The third-order valence-corrected chi connectivity index (χ3v) is 7.00. The maximum absolute atomic E-state index is 13.4. The molecular formula is C20H24N2O5S. The highest BCUT2D eigenvalue weighted by atomic mass is 32.2. The molecule has 0 aliphatic carbocycles. The number of nitrogens with zero attached hydrogens (tertiary/aromatic N) is 1. The van der Waals surface area contributed by atoms with Crippen LogP contribution in [0.15, 0.2) is 59.5 Å². The first-order valence-electron chi connectivity index (χ1n) is 9.14. The number of amides is 1. The van der Waals surface area contributed by atoms with E-state index in [1.165, 1.54) is 23.5 Å². The lowest BCUT2D eigenvalue weighted by Gasteiger charge is -2.32. The average Bonchev–Trinajstić information content (AvgIpc) is 2.97. The molecule has 1 aliphatic heterocycles. The summed E-state index contributed by atoms with van der Waals surface area (Å²) in [5, 5.41) is 9.33. The van der Waals surface area contributed by atoms with Crippen LogP contribution in [0.25, 0.3) is 0 Å². The zero-order valence-corrected chi connectivity index (χ0v) is 16.4. The monoisotopic (exact) mass is 404 g/mol. The zero-order chi connectivity index (χ0) is 20.1. The average molecular weight is 404 g/mol. The topological polar surface area (TPSA) is 95.9 Å². The number of carbonyl (C=O) groups excluding carboxylic acids is 1. The molecule has 0 aromatic heterocycles. The second-order valence-electron chi connectivity index (χ2n) is 6.73. The number of hydrogen-bond donors (Lipinski definition) is 2. The summed E-state index contributed by atoms with van der Waals surface area (Å²) in [6.07, 6.45) is 2.06. The summed E-state index contributed by atoms with van der Waals surface area (Å²) in [5.41, 5.74) is 2.54. The summed E-state index contributed by atoms with van der Waals surface area (Å²) in [6, 6.07) is 14.4. The summed E-state index contributed by atoms with van der Waals surface area (Å²) < 4.78 is 33.0. The van der Waals surface area contributed by atoms with Gasteiger partial charge in [0.2, 0.25) is 10.0 Å². The van der Waals surface area contributed by atoms with Gasteiger partial charge in [0.15, 0.2) is 0 Å². The van der Waals surface area contributed by atoms with E-state index in [4.69, 9.17) is 4.74 Å². The number of rotatable bonds is 5. The number of hydrogen-bond acceptors (Lipinski definition) is 5. The van der Waals surface area contributed by atoms with Gasteiger partial charge in [0, 0.05) is 12.5 Å². The Hall–Kier alpha value is -2.42. The van der Waals surface area contributed by atoms with Crippen LogP contribution in [0.5, 0.6) is 5.75 Å². The molecule has 1 heterocycles. The quantitative estimate of drug-likeness (QED) is 0.590. The van der Waals surface area contributed by atoms with Gasteiger partial charge in [-0.3, -0.25) is 10.0 Å². The van der Waals surface area contributed by atoms with E-state index >= 15 is 0 Å². The van der Waals surface area contributed by atoms with E-state index in [9.17, 15) is 18.4 Å². The molecule has 2 atom stereocenters. The van der Waals surface area contributed by atoms with Gasteiger partial charge >= 0.3 is 0 Å². The van der Waals surface area contributed by atoms with E-state index in [2.05, 4.69) is 0 Å². The highest BCUT2D eigenvalue weighted by Crippen LogP contribution is 2.35. The normalized spacial score (nSPS) is 20.9. The third kappa shape index (κ3) is 4.04. The lowest BCUT2D eigenvalue weighted by Crippen LogP contribution is -2.51. The molecule has 3 rings (SSSR count). The molecule has 0 bridgehead atoms. The van der Waals surface area contributed by atoms with Crippen molar-refractivity contribution >= 4 is 15.9 Å². The Morgan fingerprint density at radius 1 is 1.11 bits per heavy atom. The first kappa shape index (κ1) is 20.3. The van der Waals surface area contributed by atoms with Crippen molar-refractivity contribution in [1.29, 1.82) is 0 Å². The van der Waals surface area contributed by atoms with Gasteiger partial charge in [-0.2, -0.15) is 4.31 Å². The molecule has 2 aromatic carbocycles. The maximum Gasteiger partial charge on any atom is 0.262 e. The number of carbonyl (C=O) groups is 1. The van der Waals surface area contributed by atoms with Crippen LogP contribution in [0.4, 0.5) is 0 Å². The summed E-state index contributed by atoms with van der Waals surface area (Å²) >= 11 is 0. The lowest BCUT2D eigenvalue weighted by atomic mass is 9.87.